The molecule has 0 saturated carbocycles. The van der Waals surface area contributed by atoms with E-state index in [0.717, 1.165) is 13.1 Å². The highest BCUT2D eigenvalue weighted by atomic mass is 15.1. The van der Waals surface area contributed by atoms with Crippen molar-refractivity contribution in [2.75, 3.05) is 39.3 Å². The van der Waals surface area contributed by atoms with Gasteiger partial charge >= 0.3 is 0 Å². The van der Waals surface area contributed by atoms with Gasteiger partial charge in [-0.2, -0.15) is 0 Å². The molecule has 0 spiro atoms. The van der Waals surface area contributed by atoms with E-state index in [9.17, 15) is 0 Å². The van der Waals surface area contributed by atoms with Crippen LogP contribution in [-0.4, -0.2) is 44.2 Å². The van der Waals surface area contributed by atoms with Crippen LogP contribution in [0.5, 0.6) is 0 Å². The highest BCUT2D eigenvalue weighted by molar-refractivity contribution is 4.66. The van der Waals surface area contributed by atoms with Gasteiger partial charge in [-0.15, -0.1) is 0 Å². The number of hydrogen-bond donors (Lipinski definition) is 1. The molecule has 0 atom stereocenters. The lowest BCUT2D eigenvalue weighted by atomic mass is 10.4. The van der Waals surface area contributed by atoms with Gasteiger partial charge in [0.15, 0.2) is 0 Å². The highest BCUT2D eigenvalue weighted by Crippen LogP contribution is 2.06. The topological polar surface area (TPSA) is 39.1 Å². The van der Waals surface area contributed by atoms with E-state index in [1.54, 1.807) is 0 Å². The summed E-state index contributed by atoms with van der Waals surface area (Å²) < 4.78 is 0. The molecular formula is C9H20N3. The zero-order valence-electron chi connectivity index (χ0n) is 7.81. The second-order valence-corrected chi connectivity index (χ2v) is 3.40. The molecule has 0 amide bonds. The van der Waals surface area contributed by atoms with Crippen LogP contribution in [0.4, 0.5) is 0 Å². The van der Waals surface area contributed by atoms with Crippen molar-refractivity contribution < 1.29 is 0 Å². The molecule has 0 aromatic rings. The predicted octanol–water partition coefficient (Wildman–Crippen LogP) is 0.345. The number of nitrogens with zero attached hydrogens (tertiary/aromatic N) is 1. The average Bonchev–Trinajstić information content (AvgIpc) is 2.57. The van der Waals surface area contributed by atoms with E-state index in [2.05, 4.69) is 10.2 Å². The standard InChI is InChI=1S/C9H20N3/c10-4-6-11-5-3-9-12-7-1-2-8-12/h10-11H,1-9H2. The Bertz CT molecular complexity index is 99.9. The minimum atomic E-state index is 0.504. The van der Waals surface area contributed by atoms with E-state index in [-0.39, 0.29) is 0 Å². The predicted molar refractivity (Wildman–Crippen MR) is 51.1 cm³/mol. The van der Waals surface area contributed by atoms with Gasteiger partial charge < -0.3 is 10.2 Å². The fraction of sp³-hybridized carbons (Fsp3) is 1.00. The lowest BCUT2D eigenvalue weighted by Crippen LogP contribution is -2.26. The molecule has 1 fully saturated rings. The second kappa shape index (κ2) is 6.40. The fourth-order valence-electron chi connectivity index (χ4n) is 1.65. The Hall–Kier alpha value is -0.120. The van der Waals surface area contributed by atoms with Crippen molar-refractivity contribution in [1.82, 2.24) is 16.0 Å². The molecule has 71 valence electrons. The summed E-state index contributed by atoms with van der Waals surface area (Å²) in [6.45, 7) is 6.28. The first-order valence-corrected chi connectivity index (χ1v) is 5.01. The van der Waals surface area contributed by atoms with Crippen LogP contribution in [0.1, 0.15) is 19.3 Å². The number of hydrogen-bond acceptors (Lipinski definition) is 2. The van der Waals surface area contributed by atoms with Crippen LogP contribution in [0.3, 0.4) is 0 Å². The smallest absolute Gasteiger partial charge is 0.0225 e. The van der Waals surface area contributed by atoms with Gasteiger partial charge in [0.1, 0.15) is 0 Å². The van der Waals surface area contributed by atoms with Crippen LogP contribution < -0.4 is 11.1 Å². The maximum absolute atomic E-state index is 6.93. The Morgan fingerprint density at radius 1 is 1.17 bits per heavy atom. The third-order valence-electron chi connectivity index (χ3n) is 2.33. The summed E-state index contributed by atoms with van der Waals surface area (Å²) in [5.41, 5.74) is 6.93. The van der Waals surface area contributed by atoms with Crippen molar-refractivity contribution in [3.05, 3.63) is 0 Å². The van der Waals surface area contributed by atoms with E-state index in [0.29, 0.717) is 6.54 Å². The third-order valence-corrected chi connectivity index (χ3v) is 2.33. The molecule has 3 nitrogen and oxygen atoms in total. The van der Waals surface area contributed by atoms with Crippen molar-refractivity contribution in [2.24, 2.45) is 0 Å². The zero-order chi connectivity index (χ0) is 8.65. The largest absolute Gasteiger partial charge is 0.315 e. The van der Waals surface area contributed by atoms with E-state index >= 15 is 0 Å². The fourth-order valence-corrected chi connectivity index (χ4v) is 1.65. The molecule has 1 aliphatic rings. The van der Waals surface area contributed by atoms with Crippen LogP contribution in [0.2, 0.25) is 0 Å². The molecule has 0 unspecified atom stereocenters. The van der Waals surface area contributed by atoms with E-state index in [1.165, 1.54) is 38.9 Å². The summed E-state index contributed by atoms with van der Waals surface area (Å²) in [7, 11) is 0. The van der Waals surface area contributed by atoms with Crippen molar-refractivity contribution >= 4 is 0 Å². The molecule has 3 heteroatoms. The first-order chi connectivity index (χ1) is 5.93. The molecule has 1 saturated heterocycles. The van der Waals surface area contributed by atoms with E-state index in [1.807, 2.05) is 0 Å². The van der Waals surface area contributed by atoms with Gasteiger partial charge in [0, 0.05) is 13.1 Å². The summed E-state index contributed by atoms with van der Waals surface area (Å²) in [4.78, 5) is 2.53. The molecule has 0 bridgehead atoms. The summed E-state index contributed by atoms with van der Waals surface area (Å²) in [5.74, 6) is 0. The Kier molecular flexibility index (Phi) is 5.32. The van der Waals surface area contributed by atoms with Gasteiger partial charge in [-0.05, 0) is 45.4 Å². The van der Waals surface area contributed by atoms with E-state index in [4.69, 9.17) is 5.73 Å². The average molecular weight is 170 g/mol. The first kappa shape index (κ1) is 9.96. The van der Waals surface area contributed by atoms with Crippen LogP contribution in [0.25, 0.3) is 0 Å². The molecule has 0 aromatic heterocycles. The monoisotopic (exact) mass is 170 g/mol. The van der Waals surface area contributed by atoms with Crippen LogP contribution in [-0.2, 0) is 0 Å². The van der Waals surface area contributed by atoms with Gasteiger partial charge in [-0.3, -0.25) is 5.73 Å². The Balaban J connectivity index is 1.81. The van der Waals surface area contributed by atoms with Crippen molar-refractivity contribution in [1.29, 1.82) is 0 Å². The maximum atomic E-state index is 6.93. The normalized spacial score (nSPS) is 18.8. The van der Waals surface area contributed by atoms with Gasteiger partial charge in [0.05, 0.1) is 0 Å². The molecular weight excluding hydrogens is 150 g/mol. The molecule has 1 radical (unpaired) electrons. The van der Waals surface area contributed by atoms with Crippen molar-refractivity contribution in [3.63, 3.8) is 0 Å². The maximum Gasteiger partial charge on any atom is 0.0225 e. The quantitative estimate of drug-likeness (QED) is 0.584. The van der Waals surface area contributed by atoms with Crippen molar-refractivity contribution in [2.45, 2.75) is 19.3 Å². The van der Waals surface area contributed by atoms with Crippen LogP contribution in [0, 0.1) is 0 Å². The van der Waals surface area contributed by atoms with Gasteiger partial charge in [0.2, 0.25) is 0 Å². The molecule has 1 heterocycles. The lowest BCUT2D eigenvalue weighted by Gasteiger charge is -2.13. The van der Waals surface area contributed by atoms with Crippen LogP contribution >= 0.6 is 0 Å². The molecule has 0 aromatic carbocycles. The Labute approximate surface area is 75.3 Å². The molecule has 1 rings (SSSR count). The summed E-state index contributed by atoms with van der Waals surface area (Å²) in [5, 5.41) is 3.24. The Morgan fingerprint density at radius 2 is 1.92 bits per heavy atom. The molecule has 0 aliphatic carbocycles. The number of rotatable bonds is 6. The second-order valence-electron chi connectivity index (χ2n) is 3.40. The minimum absolute atomic E-state index is 0.504. The SMILES string of the molecule is [NH]CCNCCCN1CCCC1. The summed E-state index contributed by atoms with van der Waals surface area (Å²) in [6, 6.07) is 0. The summed E-state index contributed by atoms with van der Waals surface area (Å²) >= 11 is 0. The minimum Gasteiger partial charge on any atom is -0.315 e. The third kappa shape index (κ3) is 4.04. The highest BCUT2D eigenvalue weighted by Gasteiger charge is 2.09. The van der Waals surface area contributed by atoms with Gasteiger partial charge in [0.25, 0.3) is 0 Å². The molecule has 2 N–H and O–H groups in total. The zero-order valence-corrected chi connectivity index (χ0v) is 7.81. The number of likely N-dealkylation sites (tertiary alicyclic amines) is 1. The van der Waals surface area contributed by atoms with Crippen molar-refractivity contribution in [3.8, 4) is 0 Å². The molecule has 12 heavy (non-hydrogen) atoms. The van der Waals surface area contributed by atoms with Gasteiger partial charge in [-0.25, -0.2) is 0 Å². The van der Waals surface area contributed by atoms with E-state index < -0.39 is 0 Å². The summed E-state index contributed by atoms with van der Waals surface area (Å²) in [6.07, 6.45) is 4.01. The van der Waals surface area contributed by atoms with Gasteiger partial charge in [-0.1, -0.05) is 0 Å². The number of nitrogens with one attached hydrogen (secondary N) is 2. The Morgan fingerprint density at radius 3 is 2.58 bits per heavy atom. The molecule has 1 aliphatic heterocycles. The lowest BCUT2D eigenvalue weighted by molar-refractivity contribution is 0.331. The first-order valence-electron chi connectivity index (χ1n) is 5.01. The van der Waals surface area contributed by atoms with Crippen LogP contribution in [0.15, 0.2) is 0 Å².